The molecule has 0 saturated heterocycles. The Hall–Kier alpha value is -3.01. The Kier molecular flexibility index (Phi) is 7.12. The molecule has 0 fully saturated rings. The molecule has 29 heavy (non-hydrogen) atoms. The molecule has 0 radical (unpaired) electrons. The standard InChI is InChI=1S/C19H19F2N3O4S/c1-26-15-10-12(2-3-14(15)27-19(20)21)6-8-22-16(25)4-5-17-23-24-18(28-17)13-7-9-29-11-13/h2-3,7,9-11,19H,4-6,8H2,1H3,(H,22,25). The molecule has 2 aromatic heterocycles. The van der Waals surface area contributed by atoms with E-state index in [2.05, 4.69) is 20.3 Å². The van der Waals surface area contributed by atoms with E-state index >= 15 is 0 Å². The molecule has 0 bridgehead atoms. The largest absolute Gasteiger partial charge is 0.493 e. The maximum atomic E-state index is 12.4. The van der Waals surface area contributed by atoms with Gasteiger partial charge in [0.2, 0.25) is 17.7 Å². The van der Waals surface area contributed by atoms with Crippen LogP contribution in [-0.4, -0.2) is 36.4 Å². The van der Waals surface area contributed by atoms with Gasteiger partial charge in [-0.25, -0.2) is 0 Å². The number of hydrogen-bond donors (Lipinski definition) is 1. The number of nitrogens with one attached hydrogen (secondary N) is 1. The number of carbonyl (C=O) groups excluding carboxylic acids is 1. The van der Waals surface area contributed by atoms with Crippen LogP contribution in [0, 0.1) is 0 Å². The number of nitrogens with zero attached hydrogens (tertiary/aromatic N) is 2. The third-order valence-corrected chi connectivity index (χ3v) is 4.66. The lowest BCUT2D eigenvalue weighted by Crippen LogP contribution is -2.25. The van der Waals surface area contributed by atoms with Crippen molar-refractivity contribution in [3.05, 3.63) is 46.5 Å². The van der Waals surface area contributed by atoms with E-state index in [4.69, 9.17) is 9.15 Å². The third-order valence-electron chi connectivity index (χ3n) is 3.98. The van der Waals surface area contributed by atoms with Crippen LogP contribution in [0.25, 0.3) is 11.5 Å². The summed E-state index contributed by atoms with van der Waals surface area (Å²) < 4.78 is 39.7. The lowest BCUT2D eigenvalue weighted by atomic mass is 10.1. The summed E-state index contributed by atoms with van der Waals surface area (Å²) in [7, 11) is 1.38. The predicted molar refractivity (Wildman–Crippen MR) is 102 cm³/mol. The fourth-order valence-corrected chi connectivity index (χ4v) is 3.20. The summed E-state index contributed by atoms with van der Waals surface area (Å²) in [5.74, 6) is 0.879. The normalized spacial score (nSPS) is 10.9. The number of ether oxygens (including phenoxy) is 2. The Balaban J connectivity index is 1.43. The average molecular weight is 423 g/mol. The average Bonchev–Trinajstić information content (AvgIpc) is 3.38. The molecule has 7 nitrogen and oxygen atoms in total. The number of halogens is 2. The molecule has 0 unspecified atom stereocenters. The number of carbonyl (C=O) groups is 1. The van der Waals surface area contributed by atoms with Gasteiger partial charge in [-0.1, -0.05) is 6.07 Å². The highest BCUT2D eigenvalue weighted by Crippen LogP contribution is 2.29. The van der Waals surface area contributed by atoms with E-state index in [0.717, 1.165) is 11.1 Å². The summed E-state index contributed by atoms with van der Waals surface area (Å²) in [6, 6.07) is 6.56. The molecule has 0 saturated carbocycles. The maximum absolute atomic E-state index is 12.4. The van der Waals surface area contributed by atoms with Gasteiger partial charge >= 0.3 is 6.61 Å². The van der Waals surface area contributed by atoms with E-state index in [9.17, 15) is 13.6 Å². The fourth-order valence-electron chi connectivity index (χ4n) is 2.57. The van der Waals surface area contributed by atoms with Crippen LogP contribution in [0.5, 0.6) is 11.5 Å². The molecule has 0 spiro atoms. The second-order valence-corrected chi connectivity index (χ2v) is 6.76. The van der Waals surface area contributed by atoms with Gasteiger partial charge in [-0.3, -0.25) is 4.79 Å². The van der Waals surface area contributed by atoms with Crippen LogP contribution in [0.4, 0.5) is 8.78 Å². The highest BCUT2D eigenvalue weighted by molar-refractivity contribution is 7.08. The predicted octanol–water partition coefficient (Wildman–Crippen LogP) is 3.70. The van der Waals surface area contributed by atoms with Gasteiger partial charge in [-0.05, 0) is 35.6 Å². The van der Waals surface area contributed by atoms with E-state index in [1.165, 1.54) is 24.5 Å². The van der Waals surface area contributed by atoms with E-state index in [-0.39, 0.29) is 23.8 Å². The zero-order valence-corrected chi connectivity index (χ0v) is 16.4. The number of hydrogen-bond acceptors (Lipinski definition) is 7. The van der Waals surface area contributed by atoms with Gasteiger partial charge in [-0.2, -0.15) is 20.1 Å². The quantitative estimate of drug-likeness (QED) is 0.535. The van der Waals surface area contributed by atoms with E-state index in [1.807, 2.05) is 16.8 Å². The Morgan fingerprint density at radius 3 is 2.83 bits per heavy atom. The Morgan fingerprint density at radius 2 is 2.10 bits per heavy atom. The monoisotopic (exact) mass is 423 g/mol. The number of aryl methyl sites for hydroxylation is 1. The van der Waals surface area contributed by atoms with Crippen LogP contribution in [-0.2, 0) is 17.6 Å². The van der Waals surface area contributed by atoms with Gasteiger partial charge in [0.1, 0.15) is 0 Å². The van der Waals surface area contributed by atoms with E-state index in [1.54, 1.807) is 12.1 Å². The van der Waals surface area contributed by atoms with Crippen molar-refractivity contribution >= 4 is 17.2 Å². The molecule has 154 valence electrons. The summed E-state index contributed by atoms with van der Waals surface area (Å²) in [6.07, 6.45) is 1.08. The Bertz CT molecular complexity index is 931. The number of benzene rings is 1. The maximum Gasteiger partial charge on any atom is 0.387 e. The van der Waals surface area contributed by atoms with Gasteiger partial charge < -0.3 is 19.2 Å². The van der Waals surface area contributed by atoms with Crippen LogP contribution < -0.4 is 14.8 Å². The molecule has 3 rings (SSSR count). The third kappa shape index (κ3) is 5.98. The topological polar surface area (TPSA) is 86.5 Å². The second kappa shape index (κ2) is 9.97. The molecule has 0 aliphatic carbocycles. The molecular formula is C19H19F2N3O4S. The van der Waals surface area contributed by atoms with Gasteiger partial charge in [0, 0.05) is 30.3 Å². The first-order chi connectivity index (χ1) is 14.0. The molecule has 10 heteroatoms. The van der Waals surface area contributed by atoms with Gasteiger partial charge in [0.25, 0.3) is 0 Å². The Labute approximate surface area is 169 Å². The first-order valence-electron chi connectivity index (χ1n) is 8.78. The summed E-state index contributed by atoms with van der Waals surface area (Å²) in [4.78, 5) is 12.0. The van der Waals surface area contributed by atoms with Crippen LogP contribution >= 0.6 is 11.3 Å². The molecule has 1 N–H and O–H groups in total. The van der Waals surface area contributed by atoms with Crippen molar-refractivity contribution in [1.29, 1.82) is 0 Å². The van der Waals surface area contributed by atoms with Crippen LogP contribution in [0.15, 0.2) is 39.4 Å². The van der Waals surface area contributed by atoms with Crippen molar-refractivity contribution in [3.63, 3.8) is 0 Å². The number of rotatable bonds is 10. The second-order valence-electron chi connectivity index (χ2n) is 5.98. The molecule has 0 aliphatic rings. The van der Waals surface area contributed by atoms with Crippen molar-refractivity contribution in [2.45, 2.75) is 25.9 Å². The van der Waals surface area contributed by atoms with E-state index in [0.29, 0.717) is 31.2 Å². The molecule has 2 heterocycles. The summed E-state index contributed by atoms with van der Waals surface area (Å²) in [5.41, 5.74) is 1.68. The van der Waals surface area contributed by atoms with Crippen LogP contribution in [0.2, 0.25) is 0 Å². The highest BCUT2D eigenvalue weighted by Gasteiger charge is 2.12. The van der Waals surface area contributed by atoms with Gasteiger partial charge in [-0.15, -0.1) is 10.2 Å². The lowest BCUT2D eigenvalue weighted by Gasteiger charge is -2.11. The van der Waals surface area contributed by atoms with Gasteiger partial charge in [0.05, 0.1) is 7.11 Å². The fraction of sp³-hybridized carbons (Fsp3) is 0.316. The van der Waals surface area contributed by atoms with Crippen molar-refractivity contribution in [1.82, 2.24) is 15.5 Å². The number of alkyl halides is 2. The van der Waals surface area contributed by atoms with Crippen molar-refractivity contribution in [2.24, 2.45) is 0 Å². The summed E-state index contributed by atoms with van der Waals surface area (Å²) >= 11 is 1.53. The van der Waals surface area contributed by atoms with Crippen LogP contribution in [0.1, 0.15) is 17.9 Å². The molecule has 1 aromatic carbocycles. The number of amides is 1. The molecule has 1 amide bonds. The van der Waals surface area contributed by atoms with E-state index < -0.39 is 6.61 Å². The molecule has 0 atom stereocenters. The Morgan fingerprint density at radius 1 is 1.24 bits per heavy atom. The SMILES string of the molecule is COc1cc(CCNC(=O)CCc2nnc(-c3ccsc3)o2)ccc1OC(F)F. The van der Waals surface area contributed by atoms with Crippen molar-refractivity contribution < 1.29 is 27.5 Å². The molecule has 3 aromatic rings. The number of thiophene rings is 1. The number of aromatic nitrogens is 2. The summed E-state index contributed by atoms with van der Waals surface area (Å²) in [6.45, 7) is -2.53. The highest BCUT2D eigenvalue weighted by atomic mass is 32.1. The van der Waals surface area contributed by atoms with Gasteiger partial charge in [0.15, 0.2) is 11.5 Å². The zero-order chi connectivity index (χ0) is 20.6. The molecular weight excluding hydrogens is 404 g/mol. The zero-order valence-electron chi connectivity index (χ0n) is 15.6. The van der Waals surface area contributed by atoms with Crippen LogP contribution in [0.3, 0.4) is 0 Å². The minimum absolute atomic E-state index is 0.0309. The first kappa shape index (κ1) is 20.7. The molecule has 0 aliphatic heterocycles. The number of methoxy groups -OCH3 is 1. The lowest BCUT2D eigenvalue weighted by molar-refractivity contribution is -0.121. The summed E-state index contributed by atoms with van der Waals surface area (Å²) in [5, 5.41) is 14.5. The first-order valence-corrected chi connectivity index (χ1v) is 9.73. The minimum Gasteiger partial charge on any atom is -0.493 e. The smallest absolute Gasteiger partial charge is 0.387 e. The van der Waals surface area contributed by atoms with Crippen molar-refractivity contribution in [3.8, 4) is 23.0 Å². The minimum atomic E-state index is -2.92. The van der Waals surface area contributed by atoms with Crippen molar-refractivity contribution in [2.75, 3.05) is 13.7 Å².